The molecule has 0 fully saturated rings. The number of rotatable bonds is 5. The van der Waals surface area contributed by atoms with E-state index >= 15 is 0 Å². The highest BCUT2D eigenvalue weighted by molar-refractivity contribution is 4.53. The molecular weight excluding hydrogens is 116 g/mol. The van der Waals surface area contributed by atoms with Crippen molar-refractivity contribution in [3.05, 3.63) is 0 Å². The van der Waals surface area contributed by atoms with Crippen LogP contribution in [0.25, 0.3) is 0 Å². The lowest BCUT2D eigenvalue weighted by Gasteiger charge is -2.10. The molecule has 2 heteroatoms. The van der Waals surface area contributed by atoms with Crippen molar-refractivity contribution in [3.8, 4) is 0 Å². The first-order valence-corrected chi connectivity index (χ1v) is 3.45. The van der Waals surface area contributed by atoms with Crippen LogP contribution >= 0.6 is 0 Å². The first kappa shape index (κ1) is 8.92. The van der Waals surface area contributed by atoms with Crippen LogP contribution in [0.15, 0.2) is 0 Å². The number of methoxy groups -OCH3 is 1. The van der Waals surface area contributed by atoms with E-state index in [0.29, 0.717) is 5.92 Å². The average molecular weight is 132 g/mol. The second-order valence-corrected chi connectivity index (χ2v) is 2.24. The summed E-state index contributed by atoms with van der Waals surface area (Å²) < 4.78 is 4.94. The molecule has 9 heavy (non-hydrogen) atoms. The second-order valence-electron chi connectivity index (χ2n) is 2.24. The van der Waals surface area contributed by atoms with Crippen LogP contribution in [0.5, 0.6) is 0 Å². The summed E-state index contributed by atoms with van der Waals surface area (Å²) in [6, 6.07) is 0. The van der Waals surface area contributed by atoms with Crippen molar-refractivity contribution in [3.63, 3.8) is 0 Å². The summed E-state index contributed by atoms with van der Waals surface area (Å²) in [5, 5.41) is 8.54. The minimum atomic E-state index is 0.280. The normalized spacial score (nSPS) is 13.7. The zero-order valence-corrected chi connectivity index (χ0v) is 6.26. The molecule has 0 heterocycles. The van der Waals surface area contributed by atoms with Crippen molar-refractivity contribution in [2.75, 3.05) is 20.3 Å². The van der Waals surface area contributed by atoms with Crippen molar-refractivity contribution < 1.29 is 9.84 Å². The van der Waals surface area contributed by atoms with Gasteiger partial charge in [-0.1, -0.05) is 13.3 Å². The lowest BCUT2D eigenvalue weighted by Crippen LogP contribution is -2.08. The Kier molecular flexibility index (Phi) is 5.99. The molecule has 0 aliphatic carbocycles. The predicted octanol–water partition coefficient (Wildman–Crippen LogP) is 1.04. The minimum Gasteiger partial charge on any atom is -0.396 e. The second kappa shape index (κ2) is 6.05. The summed E-state index contributed by atoms with van der Waals surface area (Å²) in [6.07, 6.45) is 1.96. The van der Waals surface area contributed by atoms with Gasteiger partial charge in [-0.2, -0.15) is 0 Å². The number of aliphatic hydroxyl groups excluding tert-OH is 1. The maximum Gasteiger partial charge on any atom is 0.0491 e. The standard InChI is InChI=1S/C7H16O2/c1-3-7(4-5-8)6-9-2/h7-8H,3-6H2,1-2H3. The van der Waals surface area contributed by atoms with Crippen LogP contribution in [0.1, 0.15) is 19.8 Å². The van der Waals surface area contributed by atoms with Gasteiger partial charge in [-0.05, 0) is 12.3 Å². The van der Waals surface area contributed by atoms with Crippen molar-refractivity contribution in [1.82, 2.24) is 0 Å². The maximum absolute atomic E-state index is 8.54. The zero-order chi connectivity index (χ0) is 7.11. The summed E-state index contributed by atoms with van der Waals surface area (Å²) in [6.45, 7) is 3.16. The van der Waals surface area contributed by atoms with Crippen LogP contribution in [-0.4, -0.2) is 25.4 Å². The fourth-order valence-electron chi connectivity index (χ4n) is 0.824. The molecule has 1 N–H and O–H groups in total. The summed E-state index contributed by atoms with van der Waals surface area (Å²) in [7, 11) is 1.69. The quantitative estimate of drug-likeness (QED) is 0.605. The third-order valence-corrected chi connectivity index (χ3v) is 1.52. The predicted molar refractivity (Wildman–Crippen MR) is 37.4 cm³/mol. The SMILES string of the molecule is CCC(CCO)COC. The third-order valence-electron chi connectivity index (χ3n) is 1.52. The van der Waals surface area contributed by atoms with Crippen LogP contribution < -0.4 is 0 Å². The molecule has 0 saturated heterocycles. The van der Waals surface area contributed by atoms with Crippen LogP contribution in [-0.2, 0) is 4.74 Å². The Morgan fingerprint density at radius 1 is 1.56 bits per heavy atom. The van der Waals surface area contributed by atoms with Crippen molar-refractivity contribution in [2.24, 2.45) is 5.92 Å². The molecule has 0 amide bonds. The highest BCUT2D eigenvalue weighted by Gasteiger charge is 2.02. The van der Waals surface area contributed by atoms with Gasteiger partial charge >= 0.3 is 0 Å². The Hall–Kier alpha value is -0.0800. The Morgan fingerprint density at radius 2 is 2.22 bits per heavy atom. The van der Waals surface area contributed by atoms with Crippen molar-refractivity contribution >= 4 is 0 Å². The Labute approximate surface area is 56.8 Å². The summed E-state index contributed by atoms with van der Waals surface area (Å²) in [5.41, 5.74) is 0. The van der Waals surface area contributed by atoms with Crippen LogP contribution in [0, 0.1) is 5.92 Å². The first-order chi connectivity index (χ1) is 4.35. The molecule has 56 valence electrons. The zero-order valence-electron chi connectivity index (χ0n) is 6.26. The number of hydrogen-bond acceptors (Lipinski definition) is 2. The van der Waals surface area contributed by atoms with Gasteiger partial charge in [-0.25, -0.2) is 0 Å². The largest absolute Gasteiger partial charge is 0.396 e. The Morgan fingerprint density at radius 3 is 2.56 bits per heavy atom. The molecule has 0 aliphatic heterocycles. The van der Waals surface area contributed by atoms with Crippen LogP contribution in [0.2, 0.25) is 0 Å². The number of aliphatic hydroxyl groups is 1. The number of hydrogen-bond donors (Lipinski definition) is 1. The molecule has 0 rings (SSSR count). The fourth-order valence-corrected chi connectivity index (χ4v) is 0.824. The van der Waals surface area contributed by atoms with E-state index in [-0.39, 0.29) is 6.61 Å². The molecule has 0 spiro atoms. The molecule has 0 aromatic rings. The van der Waals surface area contributed by atoms with Crippen LogP contribution in [0.3, 0.4) is 0 Å². The lowest BCUT2D eigenvalue weighted by atomic mass is 10.0. The van der Waals surface area contributed by atoms with Gasteiger partial charge in [0.15, 0.2) is 0 Å². The topological polar surface area (TPSA) is 29.5 Å². The van der Waals surface area contributed by atoms with Crippen LogP contribution in [0.4, 0.5) is 0 Å². The summed E-state index contributed by atoms with van der Waals surface area (Å²) >= 11 is 0. The highest BCUT2D eigenvalue weighted by Crippen LogP contribution is 2.06. The molecule has 0 aromatic heterocycles. The molecule has 1 unspecified atom stereocenters. The Bertz CT molecular complexity index is 48.9. The minimum absolute atomic E-state index is 0.280. The molecule has 0 bridgehead atoms. The van der Waals surface area contributed by atoms with Gasteiger partial charge in [-0.15, -0.1) is 0 Å². The molecule has 2 nitrogen and oxygen atoms in total. The Balaban J connectivity index is 3.18. The van der Waals surface area contributed by atoms with Gasteiger partial charge in [0.25, 0.3) is 0 Å². The van der Waals surface area contributed by atoms with Gasteiger partial charge in [0.1, 0.15) is 0 Å². The lowest BCUT2D eigenvalue weighted by molar-refractivity contribution is 0.131. The molecule has 0 saturated carbocycles. The van der Waals surface area contributed by atoms with E-state index in [1.165, 1.54) is 0 Å². The monoisotopic (exact) mass is 132 g/mol. The van der Waals surface area contributed by atoms with Gasteiger partial charge in [0.05, 0.1) is 0 Å². The molecule has 0 aromatic carbocycles. The van der Waals surface area contributed by atoms with Crippen molar-refractivity contribution in [1.29, 1.82) is 0 Å². The molecular formula is C7H16O2. The molecule has 0 radical (unpaired) electrons. The van der Waals surface area contributed by atoms with E-state index < -0.39 is 0 Å². The smallest absolute Gasteiger partial charge is 0.0491 e. The van der Waals surface area contributed by atoms with E-state index in [1.807, 2.05) is 0 Å². The van der Waals surface area contributed by atoms with Gasteiger partial charge < -0.3 is 9.84 Å². The van der Waals surface area contributed by atoms with Gasteiger partial charge in [-0.3, -0.25) is 0 Å². The maximum atomic E-state index is 8.54. The van der Waals surface area contributed by atoms with E-state index in [4.69, 9.17) is 9.84 Å². The third kappa shape index (κ3) is 4.43. The van der Waals surface area contributed by atoms with Gasteiger partial charge in [0, 0.05) is 20.3 Å². The van der Waals surface area contributed by atoms with E-state index in [9.17, 15) is 0 Å². The van der Waals surface area contributed by atoms with E-state index in [2.05, 4.69) is 6.92 Å². The van der Waals surface area contributed by atoms with E-state index in [1.54, 1.807) is 7.11 Å². The number of ether oxygens (including phenoxy) is 1. The summed E-state index contributed by atoms with van der Waals surface area (Å²) in [4.78, 5) is 0. The molecule has 0 aliphatic rings. The van der Waals surface area contributed by atoms with E-state index in [0.717, 1.165) is 19.4 Å². The van der Waals surface area contributed by atoms with Crippen molar-refractivity contribution in [2.45, 2.75) is 19.8 Å². The fraction of sp³-hybridized carbons (Fsp3) is 1.00. The highest BCUT2D eigenvalue weighted by atomic mass is 16.5. The summed E-state index contributed by atoms with van der Waals surface area (Å²) in [5.74, 6) is 0.542. The first-order valence-electron chi connectivity index (χ1n) is 3.45. The van der Waals surface area contributed by atoms with Gasteiger partial charge in [0.2, 0.25) is 0 Å². The molecule has 1 atom stereocenters. The average Bonchev–Trinajstić information content (AvgIpc) is 1.88.